The van der Waals surface area contributed by atoms with Gasteiger partial charge in [0.1, 0.15) is 17.1 Å². The van der Waals surface area contributed by atoms with E-state index < -0.39 is 8.32 Å². The van der Waals surface area contributed by atoms with Crippen LogP contribution in [0.1, 0.15) is 26.2 Å². The quantitative estimate of drug-likeness (QED) is 0.403. The fourth-order valence-electron chi connectivity index (χ4n) is 1.53. The van der Waals surface area contributed by atoms with Crippen LogP contribution in [0, 0.1) is 0 Å². The first-order chi connectivity index (χ1) is 9.52. The normalized spacial score (nSPS) is 11.8. The van der Waals surface area contributed by atoms with E-state index in [2.05, 4.69) is 25.3 Å². The van der Waals surface area contributed by atoms with E-state index in [1.54, 1.807) is 0 Å². The Kier molecular flexibility index (Phi) is 12.4. The van der Waals surface area contributed by atoms with Crippen LogP contribution >= 0.6 is 0 Å². The van der Waals surface area contributed by atoms with Gasteiger partial charge in [-0.2, -0.15) is 0 Å². The second-order valence-electron chi connectivity index (χ2n) is 5.44. The molecule has 0 aliphatic carbocycles. The van der Waals surface area contributed by atoms with E-state index in [0.29, 0.717) is 19.8 Å². The highest BCUT2D eigenvalue weighted by Crippen LogP contribution is 2.10. The predicted octanol–water partition coefficient (Wildman–Crippen LogP) is 0.828. The van der Waals surface area contributed by atoms with Gasteiger partial charge >= 0.3 is 0 Å². The number of nitrogens with one attached hydrogen (secondary N) is 1. The van der Waals surface area contributed by atoms with Gasteiger partial charge in [0, 0.05) is 13.2 Å². The minimum Gasteiger partial charge on any atom is -0.463 e. The first-order valence-electron chi connectivity index (χ1n) is 7.49. The maximum atomic E-state index is 11.5. The van der Waals surface area contributed by atoms with Crippen LogP contribution < -0.4 is 5.32 Å². The molecule has 20 heavy (non-hydrogen) atoms. The van der Waals surface area contributed by atoms with Crippen LogP contribution in [0.4, 0.5) is 0 Å². The molecule has 0 bridgehead atoms. The van der Waals surface area contributed by atoms with Crippen molar-refractivity contribution in [1.82, 2.24) is 5.32 Å². The van der Waals surface area contributed by atoms with E-state index in [9.17, 15) is 4.79 Å². The highest BCUT2D eigenvalue weighted by atomic mass is 28.4. The Morgan fingerprint density at radius 2 is 1.85 bits per heavy atom. The lowest BCUT2D eigenvalue weighted by molar-refractivity contribution is -0.126. The number of hydrogen-bond acceptors (Lipinski definition) is 4. The molecule has 0 atom stereocenters. The van der Waals surface area contributed by atoms with Crippen molar-refractivity contribution in [3.63, 3.8) is 0 Å². The number of rotatable bonds is 13. The highest BCUT2D eigenvalue weighted by Gasteiger charge is 2.18. The molecule has 0 saturated carbocycles. The lowest BCUT2D eigenvalue weighted by Crippen LogP contribution is -2.33. The van der Waals surface area contributed by atoms with Crippen molar-refractivity contribution >= 4 is 24.7 Å². The number of ether oxygens (including phenoxy) is 2. The third kappa shape index (κ3) is 12.8. The molecule has 0 fully saturated rings. The van der Waals surface area contributed by atoms with Crippen molar-refractivity contribution in [2.75, 3.05) is 33.0 Å². The first-order valence-corrected chi connectivity index (χ1v) is 11.4. The van der Waals surface area contributed by atoms with Crippen molar-refractivity contribution in [2.45, 2.75) is 45.3 Å². The fourth-order valence-corrected chi connectivity index (χ4v) is 3.37. The Balaban J connectivity index is 3.33. The van der Waals surface area contributed by atoms with Crippen molar-refractivity contribution in [2.24, 2.45) is 0 Å². The fraction of sp³-hybridized carbons (Fsp3) is 0.923. The lowest BCUT2D eigenvalue weighted by atomic mass is 10.4. The molecule has 7 heteroatoms. The summed E-state index contributed by atoms with van der Waals surface area (Å²) in [6, 6.07) is 1.09. The Labute approximate surface area is 127 Å². The summed E-state index contributed by atoms with van der Waals surface area (Å²) in [7, 11) is -0.627. The SMILES string of the molecule is CCCCOCCOCC(=O)NCCC[Si](C)(C)O[SiH3]. The van der Waals surface area contributed by atoms with Gasteiger partial charge in [0.2, 0.25) is 5.91 Å². The molecule has 0 radical (unpaired) electrons. The molecule has 1 amide bonds. The topological polar surface area (TPSA) is 56.8 Å². The summed E-state index contributed by atoms with van der Waals surface area (Å²) in [6.07, 6.45) is 3.19. The zero-order valence-electron chi connectivity index (χ0n) is 13.5. The van der Waals surface area contributed by atoms with E-state index in [1.165, 1.54) is 0 Å². The zero-order valence-corrected chi connectivity index (χ0v) is 16.5. The molecule has 0 aromatic heterocycles. The van der Waals surface area contributed by atoms with Crippen molar-refractivity contribution in [3.8, 4) is 0 Å². The number of amides is 1. The van der Waals surface area contributed by atoms with Crippen LogP contribution in [-0.4, -0.2) is 57.7 Å². The van der Waals surface area contributed by atoms with Gasteiger partial charge in [-0.3, -0.25) is 4.79 Å². The molecule has 0 aromatic carbocycles. The maximum Gasteiger partial charge on any atom is 0.245 e. The number of carbonyl (C=O) groups is 1. The van der Waals surface area contributed by atoms with E-state index in [-0.39, 0.29) is 12.5 Å². The summed E-state index contributed by atoms with van der Waals surface area (Å²) < 4.78 is 16.2. The third-order valence-electron chi connectivity index (χ3n) is 3.08. The minimum atomic E-state index is -1.43. The molecule has 120 valence electrons. The summed E-state index contributed by atoms with van der Waals surface area (Å²) in [5, 5.41) is 2.86. The maximum absolute atomic E-state index is 11.5. The molecular weight excluding hydrogens is 290 g/mol. The molecule has 0 unspecified atom stereocenters. The summed E-state index contributed by atoms with van der Waals surface area (Å²) in [6.45, 7) is 9.19. The highest BCUT2D eigenvalue weighted by molar-refractivity contribution is 6.73. The molecule has 0 heterocycles. The van der Waals surface area contributed by atoms with Crippen LogP contribution in [0.2, 0.25) is 19.1 Å². The average molecular weight is 322 g/mol. The second kappa shape index (κ2) is 12.5. The van der Waals surface area contributed by atoms with Gasteiger partial charge in [0.05, 0.1) is 13.2 Å². The summed E-state index contributed by atoms with van der Waals surface area (Å²) in [5.41, 5.74) is 0. The third-order valence-corrected chi connectivity index (χ3v) is 9.06. The first kappa shape index (κ1) is 19.8. The molecule has 0 aromatic rings. The number of hydrogen-bond donors (Lipinski definition) is 1. The van der Waals surface area contributed by atoms with E-state index >= 15 is 0 Å². The summed E-state index contributed by atoms with van der Waals surface area (Å²) in [4.78, 5) is 11.5. The minimum absolute atomic E-state index is 0.0511. The second-order valence-corrected chi connectivity index (χ2v) is 11.1. The largest absolute Gasteiger partial charge is 0.463 e. The van der Waals surface area contributed by atoms with Gasteiger partial charge in [-0.15, -0.1) is 0 Å². The van der Waals surface area contributed by atoms with Gasteiger partial charge in [-0.1, -0.05) is 13.3 Å². The number of carbonyl (C=O) groups excluding carboxylic acids is 1. The Bertz CT molecular complexity index is 253. The van der Waals surface area contributed by atoms with Crippen LogP contribution in [0.5, 0.6) is 0 Å². The summed E-state index contributed by atoms with van der Waals surface area (Å²) >= 11 is 0. The van der Waals surface area contributed by atoms with Crippen molar-refractivity contribution in [1.29, 1.82) is 0 Å². The molecule has 1 N–H and O–H groups in total. The Morgan fingerprint density at radius 3 is 2.50 bits per heavy atom. The average Bonchev–Trinajstić information content (AvgIpc) is 2.43. The lowest BCUT2D eigenvalue weighted by Gasteiger charge is -2.20. The monoisotopic (exact) mass is 321 g/mol. The van der Waals surface area contributed by atoms with Crippen LogP contribution in [-0.2, 0) is 18.4 Å². The van der Waals surface area contributed by atoms with E-state index in [1.807, 2.05) is 0 Å². The molecule has 0 aliphatic rings. The van der Waals surface area contributed by atoms with Gasteiger partial charge in [0.15, 0.2) is 8.32 Å². The van der Waals surface area contributed by atoms with Crippen LogP contribution in [0.15, 0.2) is 0 Å². The Hall–Kier alpha value is -0.216. The smallest absolute Gasteiger partial charge is 0.245 e. The molecule has 0 saturated heterocycles. The van der Waals surface area contributed by atoms with Gasteiger partial charge in [0.25, 0.3) is 0 Å². The standard InChI is InChI=1S/C13H31NO4Si2/c1-4-5-8-16-9-10-17-12-13(15)14-7-6-11-20(2,3)18-19/h4-12H2,1-3,19H3,(H,14,15). The van der Waals surface area contributed by atoms with Gasteiger partial charge in [-0.25, -0.2) is 0 Å². The van der Waals surface area contributed by atoms with Crippen molar-refractivity contribution < 1.29 is 18.4 Å². The van der Waals surface area contributed by atoms with Crippen molar-refractivity contribution in [3.05, 3.63) is 0 Å². The molecule has 0 aliphatic heterocycles. The molecule has 0 rings (SSSR count). The van der Waals surface area contributed by atoms with Crippen LogP contribution in [0.25, 0.3) is 0 Å². The number of unbranched alkanes of at least 4 members (excludes halogenated alkanes) is 1. The molecular formula is C13H31NO4Si2. The van der Waals surface area contributed by atoms with E-state index in [0.717, 1.165) is 42.4 Å². The molecule has 0 spiro atoms. The van der Waals surface area contributed by atoms with E-state index in [4.69, 9.17) is 13.6 Å². The predicted molar refractivity (Wildman–Crippen MR) is 87.5 cm³/mol. The summed E-state index contributed by atoms with van der Waals surface area (Å²) in [5.74, 6) is -0.0511. The van der Waals surface area contributed by atoms with Gasteiger partial charge in [-0.05, 0) is 32.0 Å². The van der Waals surface area contributed by atoms with Gasteiger partial charge < -0.3 is 18.9 Å². The zero-order chi connectivity index (χ0) is 15.3. The molecule has 5 nitrogen and oxygen atoms in total. The Morgan fingerprint density at radius 1 is 1.15 bits per heavy atom. The van der Waals surface area contributed by atoms with Crippen LogP contribution in [0.3, 0.4) is 0 Å².